The summed E-state index contributed by atoms with van der Waals surface area (Å²) in [5.74, 6) is -1.70. The van der Waals surface area contributed by atoms with Gasteiger partial charge in [-0.25, -0.2) is 13.2 Å². The number of likely N-dealkylation sites (tertiary alicyclic amines) is 2. The number of sulfonamides is 1. The van der Waals surface area contributed by atoms with E-state index in [2.05, 4.69) is 5.32 Å². The highest BCUT2D eigenvalue weighted by molar-refractivity contribution is 7.89. The number of carbonyl (C=O) groups is 4. The quantitative estimate of drug-likeness (QED) is 0.410. The van der Waals surface area contributed by atoms with Gasteiger partial charge in [-0.1, -0.05) is 23.2 Å². The number of hydrogen-bond donors (Lipinski definition) is 2. The Morgan fingerprint density at radius 2 is 1.68 bits per heavy atom. The van der Waals surface area contributed by atoms with Crippen LogP contribution in [0, 0.1) is 5.92 Å². The molecule has 2 N–H and O–H groups in total. The van der Waals surface area contributed by atoms with Crippen LogP contribution >= 0.6 is 23.2 Å². The first kappa shape index (κ1) is 30.5. The van der Waals surface area contributed by atoms with Crippen LogP contribution in [0.2, 0.25) is 10.0 Å². The van der Waals surface area contributed by atoms with E-state index in [-0.39, 0.29) is 52.6 Å². The summed E-state index contributed by atoms with van der Waals surface area (Å²) >= 11 is 11.9. The van der Waals surface area contributed by atoms with Gasteiger partial charge < -0.3 is 20.2 Å². The fourth-order valence-electron chi connectivity index (χ4n) is 5.63. The lowest BCUT2D eigenvalue weighted by molar-refractivity contribution is -0.143. The maximum absolute atomic E-state index is 13.2. The second-order valence-electron chi connectivity index (χ2n) is 10.6. The Balaban J connectivity index is 1.30. The molecule has 3 amide bonds. The number of halogens is 2. The third-order valence-corrected chi connectivity index (χ3v) is 10.2. The van der Waals surface area contributed by atoms with Crippen molar-refractivity contribution in [3.05, 3.63) is 28.2 Å². The first-order valence-corrected chi connectivity index (χ1v) is 15.7. The van der Waals surface area contributed by atoms with Crippen LogP contribution in [0.1, 0.15) is 51.4 Å². The summed E-state index contributed by atoms with van der Waals surface area (Å²) in [6, 6.07) is 1.45. The van der Waals surface area contributed by atoms with Gasteiger partial charge in [-0.3, -0.25) is 14.4 Å². The number of carboxylic acids is 1. The second-order valence-corrected chi connectivity index (χ2v) is 13.3. The van der Waals surface area contributed by atoms with E-state index in [1.165, 1.54) is 18.2 Å². The molecule has 0 bridgehead atoms. The number of rotatable bonds is 10. The summed E-state index contributed by atoms with van der Waals surface area (Å²) < 4.78 is 27.5. The Morgan fingerprint density at radius 3 is 2.27 bits per heavy atom. The normalized spacial score (nSPS) is 21.6. The standard InChI is InChI=1S/C26H34Cl2N4O7S/c27-18-13-19(28)15-20(14-18)40(38,39)32-10-1-3-22(32)25(35)29-21(26(36)37)5-6-24(34)30-11-7-17(8-12-30)16-31-9-2-4-23(31)33/h13-15,17,21-22H,1-12,16H2,(H,29,35)(H,36,37)/t21?,22-/m0/s1. The van der Waals surface area contributed by atoms with Crippen LogP contribution in [-0.4, -0.2) is 96.1 Å². The summed E-state index contributed by atoms with van der Waals surface area (Å²) in [5.41, 5.74) is 0. The van der Waals surface area contributed by atoms with Crippen LogP contribution < -0.4 is 5.32 Å². The molecule has 1 aromatic carbocycles. The first-order chi connectivity index (χ1) is 19.0. The summed E-state index contributed by atoms with van der Waals surface area (Å²) in [6.45, 7) is 2.67. The minimum atomic E-state index is -4.12. The maximum Gasteiger partial charge on any atom is 0.326 e. The molecule has 3 fully saturated rings. The molecule has 0 aromatic heterocycles. The number of aliphatic carboxylic acids is 1. The number of nitrogens with zero attached hydrogens (tertiary/aromatic N) is 3. The first-order valence-electron chi connectivity index (χ1n) is 13.5. The number of benzene rings is 1. The number of carbonyl (C=O) groups excluding carboxylic acids is 3. The Hall–Kier alpha value is -2.41. The van der Waals surface area contributed by atoms with Crippen molar-refractivity contribution in [1.29, 1.82) is 0 Å². The zero-order valence-electron chi connectivity index (χ0n) is 22.1. The summed E-state index contributed by atoms with van der Waals surface area (Å²) in [4.78, 5) is 53.1. The highest BCUT2D eigenvalue weighted by Crippen LogP contribution is 2.30. The molecule has 0 saturated carbocycles. The van der Waals surface area contributed by atoms with Crippen LogP contribution in [0.5, 0.6) is 0 Å². The molecule has 3 heterocycles. The molecule has 2 atom stereocenters. The predicted molar refractivity (Wildman–Crippen MR) is 147 cm³/mol. The molecule has 14 heteroatoms. The fourth-order valence-corrected chi connectivity index (χ4v) is 8.01. The monoisotopic (exact) mass is 616 g/mol. The van der Waals surface area contributed by atoms with Crippen molar-refractivity contribution in [3.8, 4) is 0 Å². The lowest BCUT2D eigenvalue weighted by Crippen LogP contribution is -2.51. The fraction of sp³-hybridized carbons (Fsp3) is 0.615. The third-order valence-electron chi connectivity index (χ3n) is 7.83. The molecule has 11 nitrogen and oxygen atoms in total. The smallest absolute Gasteiger partial charge is 0.326 e. The van der Waals surface area contributed by atoms with E-state index < -0.39 is 34.0 Å². The van der Waals surface area contributed by atoms with E-state index >= 15 is 0 Å². The van der Waals surface area contributed by atoms with Crippen LogP contribution in [0.25, 0.3) is 0 Å². The van der Waals surface area contributed by atoms with Gasteiger partial charge in [0.15, 0.2) is 0 Å². The molecule has 0 radical (unpaired) electrons. The summed E-state index contributed by atoms with van der Waals surface area (Å²) in [6.07, 6.45) is 3.50. The molecule has 0 aliphatic carbocycles. The molecule has 3 aliphatic rings. The van der Waals surface area contributed by atoms with Gasteiger partial charge in [0.2, 0.25) is 27.7 Å². The van der Waals surface area contributed by atoms with Crippen molar-refractivity contribution in [2.75, 3.05) is 32.7 Å². The highest BCUT2D eigenvalue weighted by atomic mass is 35.5. The van der Waals surface area contributed by atoms with E-state index in [0.29, 0.717) is 38.4 Å². The highest BCUT2D eigenvalue weighted by Gasteiger charge is 2.41. The molecule has 3 saturated heterocycles. The molecule has 4 rings (SSSR count). The van der Waals surface area contributed by atoms with Crippen molar-refractivity contribution in [1.82, 2.24) is 19.4 Å². The minimum absolute atomic E-state index is 0.0692. The number of piperidine rings is 1. The van der Waals surface area contributed by atoms with E-state index in [4.69, 9.17) is 23.2 Å². The van der Waals surface area contributed by atoms with Crippen molar-refractivity contribution in [2.24, 2.45) is 5.92 Å². The van der Waals surface area contributed by atoms with Gasteiger partial charge in [0.05, 0.1) is 4.90 Å². The van der Waals surface area contributed by atoms with Crippen molar-refractivity contribution >= 4 is 56.9 Å². The van der Waals surface area contributed by atoms with Gasteiger partial charge in [0, 0.05) is 55.6 Å². The van der Waals surface area contributed by atoms with Crippen LogP contribution in [-0.2, 0) is 29.2 Å². The predicted octanol–water partition coefficient (Wildman–Crippen LogP) is 2.36. The van der Waals surface area contributed by atoms with E-state index in [1.807, 2.05) is 4.90 Å². The summed E-state index contributed by atoms with van der Waals surface area (Å²) in [5, 5.41) is 12.4. The maximum atomic E-state index is 13.2. The largest absolute Gasteiger partial charge is 0.480 e. The number of nitrogens with one attached hydrogen (secondary N) is 1. The van der Waals surface area contributed by atoms with Crippen LogP contribution in [0.4, 0.5) is 0 Å². The number of hydrogen-bond acceptors (Lipinski definition) is 6. The van der Waals surface area contributed by atoms with Crippen LogP contribution in [0.3, 0.4) is 0 Å². The van der Waals surface area contributed by atoms with E-state index in [9.17, 15) is 32.7 Å². The van der Waals surface area contributed by atoms with Gasteiger partial charge in [0.25, 0.3) is 0 Å². The molecule has 1 unspecified atom stereocenters. The lowest BCUT2D eigenvalue weighted by atomic mass is 9.95. The number of carboxylic acid groups (broad SMARTS) is 1. The topological polar surface area (TPSA) is 144 Å². The van der Waals surface area contributed by atoms with Gasteiger partial charge >= 0.3 is 5.97 Å². The molecule has 40 heavy (non-hydrogen) atoms. The van der Waals surface area contributed by atoms with Crippen molar-refractivity contribution in [2.45, 2.75) is 68.3 Å². The van der Waals surface area contributed by atoms with Crippen LogP contribution in [0.15, 0.2) is 23.1 Å². The second kappa shape index (κ2) is 13.1. The minimum Gasteiger partial charge on any atom is -0.480 e. The Kier molecular flexibility index (Phi) is 9.97. The zero-order chi connectivity index (χ0) is 29.0. The zero-order valence-corrected chi connectivity index (χ0v) is 24.4. The Morgan fingerprint density at radius 1 is 1.00 bits per heavy atom. The molecule has 0 spiro atoms. The number of amides is 3. The Bertz CT molecular complexity index is 1230. The average molecular weight is 618 g/mol. The van der Waals surface area contributed by atoms with Gasteiger partial charge in [-0.2, -0.15) is 4.31 Å². The third kappa shape index (κ3) is 7.26. The van der Waals surface area contributed by atoms with E-state index in [0.717, 1.165) is 30.1 Å². The molecular formula is C26H34Cl2N4O7S. The molecule has 3 aliphatic heterocycles. The van der Waals surface area contributed by atoms with Crippen molar-refractivity contribution < 1.29 is 32.7 Å². The summed E-state index contributed by atoms with van der Waals surface area (Å²) in [7, 11) is -4.12. The molecular weight excluding hydrogens is 583 g/mol. The lowest BCUT2D eigenvalue weighted by Gasteiger charge is -2.34. The van der Waals surface area contributed by atoms with Gasteiger partial charge in [-0.15, -0.1) is 0 Å². The van der Waals surface area contributed by atoms with E-state index in [1.54, 1.807) is 4.90 Å². The Labute approximate surface area is 243 Å². The molecule has 220 valence electrons. The average Bonchev–Trinajstić information content (AvgIpc) is 3.56. The van der Waals surface area contributed by atoms with Gasteiger partial charge in [0.1, 0.15) is 12.1 Å². The van der Waals surface area contributed by atoms with Crippen molar-refractivity contribution in [3.63, 3.8) is 0 Å². The van der Waals surface area contributed by atoms with Gasteiger partial charge in [-0.05, 0) is 62.6 Å². The SMILES string of the molecule is O=C(O)C(CCC(=O)N1CCC(CN2CCCC2=O)CC1)NC(=O)[C@@H]1CCCN1S(=O)(=O)c1cc(Cl)cc(Cl)c1. The molecule has 1 aromatic rings.